The Kier molecular flexibility index (Phi) is 6.79. The monoisotopic (exact) mass is 390 g/mol. The van der Waals surface area contributed by atoms with Crippen LogP contribution in [0.2, 0.25) is 0 Å². The highest BCUT2D eigenvalue weighted by atomic mass is 16.5. The van der Waals surface area contributed by atoms with Crippen molar-refractivity contribution >= 4 is 17.4 Å². The van der Waals surface area contributed by atoms with E-state index in [9.17, 15) is 4.79 Å². The lowest BCUT2D eigenvalue weighted by atomic mass is 10.0. The average molecular weight is 390 g/mol. The number of carbonyl (C=O) groups excluding carboxylic acids is 1. The summed E-state index contributed by atoms with van der Waals surface area (Å²) in [7, 11) is 1.65. The molecule has 0 fully saturated rings. The Hall–Kier alpha value is -3.41. The van der Waals surface area contributed by atoms with Crippen molar-refractivity contribution in [1.82, 2.24) is 9.97 Å². The van der Waals surface area contributed by atoms with E-state index >= 15 is 0 Å². The van der Waals surface area contributed by atoms with E-state index in [0.29, 0.717) is 12.4 Å². The van der Waals surface area contributed by atoms with Crippen LogP contribution in [0.4, 0.5) is 11.5 Å². The predicted molar refractivity (Wildman–Crippen MR) is 116 cm³/mol. The molecular weight excluding hydrogens is 364 g/mol. The molecule has 0 radical (unpaired) electrons. The Morgan fingerprint density at radius 2 is 1.62 bits per heavy atom. The van der Waals surface area contributed by atoms with Crippen molar-refractivity contribution in [2.75, 3.05) is 17.7 Å². The number of carbonyl (C=O) groups is 1. The van der Waals surface area contributed by atoms with E-state index in [1.165, 1.54) is 6.20 Å². The first-order valence-electron chi connectivity index (χ1n) is 9.76. The third kappa shape index (κ3) is 4.90. The first kappa shape index (κ1) is 20.3. The minimum Gasteiger partial charge on any atom is -0.496 e. The molecule has 6 heteroatoms. The van der Waals surface area contributed by atoms with E-state index in [0.717, 1.165) is 41.0 Å². The fourth-order valence-corrected chi connectivity index (χ4v) is 3.15. The molecule has 1 amide bonds. The van der Waals surface area contributed by atoms with Gasteiger partial charge in [-0.05, 0) is 30.0 Å². The van der Waals surface area contributed by atoms with Gasteiger partial charge < -0.3 is 15.4 Å². The van der Waals surface area contributed by atoms with Gasteiger partial charge in [0, 0.05) is 17.8 Å². The van der Waals surface area contributed by atoms with Gasteiger partial charge in [0.05, 0.1) is 19.5 Å². The normalized spacial score (nSPS) is 10.4. The molecule has 150 valence electrons. The summed E-state index contributed by atoms with van der Waals surface area (Å²) in [5.41, 5.74) is 4.40. The van der Waals surface area contributed by atoms with Gasteiger partial charge in [0.2, 0.25) is 0 Å². The molecule has 0 saturated heterocycles. The van der Waals surface area contributed by atoms with Crippen molar-refractivity contribution in [3.8, 4) is 5.75 Å². The van der Waals surface area contributed by atoms with Crippen LogP contribution in [0.1, 0.15) is 41.0 Å². The lowest BCUT2D eigenvalue weighted by Crippen LogP contribution is -2.17. The SMILES string of the molecule is CCc1cccc(CC)c1NC(=O)c1cnc(NCc2ccccc2OC)cn1. The number of amides is 1. The zero-order valence-corrected chi connectivity index (χ0v) is 17.0. The second kappa shape index (κ2) is 9.68. The molecule has 1 heterocycles. The maximum absolute atomic E-state index is 12.7. The van der Waals surface area contributed by atoms with Crippen LogP contribution in [0.15, 0.2) is 54.9 Å². The smallest absolute Gasteiger partial charge is 0.275 e. The number of para-hydroxylation sites is 2. The molecule has 6 nitrogen and oxygen atoms in total. The molecule has 1 aromatic heterocycles. The van der Waals surface area contributed by atoms with Gasteiger partial charge in [-0.25, -0.2) is 9.97 Å². The van der Waals surface area contributed by atoms with Crippen LogP contribution in [0.5, 0.6) is 5.75 Å². The number of ether oxygens (including phenoxy) is 1. The van der Waals surface area contributed by atoms with Crippen LogP contribution < -0.4 is 15.4 Å². The molecule has 3 aromatic rings. The highest BCUT2D eigenvalue weighted by molar-refractivity contribution is 6.03. The zero-order chi connectivity index (χ0) is 20.6. The Morgan fingerprint density at radius 1 is 0.931 bits per heavy atom. The number of hydrogen-bond acceptors (Lipinski definition) is 5. The lowest BCUT2D eigenvalue weighted by molar-refractivity contribution is 0.102. The number of benzene rings is 2. The molecule has 3 rings (SSSR count). The highest BCUT2D eigenvalue weighted by Gasteiger charge is 2.13. The third-order valence-electron chi connectivity index (χ3n) is 4.77. The van der Waals surface area contributed by atoms with Gasteiger partial charge in [-0.1, -0.05) is 50.2 Å². The minimum atomic E-state index is -0.260. The number of aryl methyl sites for hydroxylation is 2. The summed E-state index contributed by atoms with van der Waals surface area (Å²) in [5.74, 6) is 1.14. The summed E-state index contributed by atoms with van der Waals surface area (Å²) in [6.45, 7) is 4.70. The molecule has 29 heavy (non-hydrogen) atoms. The predicted octanol–water partition coefficient (Wildman–Crippen LogP) is 4.47. The molecule has 0 bridgehead atoms. The number of nitrogens with zero attached hydrogens (tertiary/aromatic N) is 2. The van der Waals surface area contributed by atoms with Crippen LogP contribution in [0.25, 0.3) is 0 Å². The van der Waals surface area contributed by atoms with E-state index in [1.807, 2.05) is 42.5 Å². The van der Waals surface area contributed by atoms with Gasteiger partial charge in [0.1, 0.15) is 17.3 Å². The van der Waals surface area contributed by atoms with Crippen molar-refractivity contribution in [3.05, 3.63) is 77.2 Å². The van der Waals surface area contributed by atoms with Crippen LogP contribution in [-0.4, -0.2) is 23.0 Å². The second-order valence-electron chi connectivity index (χ2n) is 6.56. The van der Waals surface area contributed by atoms with Gasteiger partial charge in [-0.3, -0.25) is 4.79 Å². The molecule has 0 aliphatic rings. The topological polar surface area (TPSA) is 76.1 Å². The van der Waals surface area contributed by atoms with E-state index in [1.54, 1.807) is 13.3 Å². The van der Waals surface area contributed by atoms with E-state index in [-0.39, 0.29) is 11.6 Å². The Balaban J connectivity index is 1.68. The van der Waals surface area contributed by atoms with Crippen LogP contribution in [0, 0.1) is 0 Å². The molecule has 0 atom stereocenters. The van der Waals surface area contributed by atoms with Gasteiger partial charge >= 0.3 is 0 Å². The fourth-order valence-electron chi connectivity index (χ4n) is 3.15. The van der Waals surface area contributed by atoms with Crippen LogP contribution in [-0.2, 0) is 19.4 Å². The Morgan fingerprint density at radius 3 is 2.24 bits per heavy atom. The number of aromatic nitrogens is 2. The van der Waals surface area contributed by atoms with Crippen LogP contribution >= 0.6 is 0 Å². The first-order valence-corrected chi connectivity index (χ1v) is 9.76. The van der Waals surface area contributed by atoms with E-state index in [2.05, 4.69) is 34.4 Å². The van der Waals surface area contributed by atoms with Gasteiger partial charge in [0.25, 0.3) is 5.91 Å². The Labute approximate surface area is 171 Å². The first-order chi connectivity index (χ1) is 14.2. The van der Waals surface area contributed by atoms with Crippen molar-refractivity contribution in [3.63, 3.8) is 0 Å². The number of anilines is 2. The van der Waals surface area contributed by atoms with Crippen LogP contribution in [0.3, 0.4) is 0 Å². The zero-order valence-electron chi connectivity index (χ0n) is 17.0. The molecule has 0 spiro atoms. The summed E-state index contributed by atoms with van der Waals surface area (Å²) in [4.78, 5) is 21.3. The van der Waals surface area contributed by atoms with Gasteiger partial charge in [0.15, 0.2) is 0 Å². The fraction of sp³-hybridized carbons (Fsp3) is 0.261. The molecule has 0 aliphatic heterocycles. The summed E-state index contributed by atoms with van der Waals surface area (Å²) in [6, 6.07) is 13.9. The Bertz CT molecular complexity index is 949. The van der Waals surface area contributed by atoms with Crippen molar-refractivity contribution in [1.29, 1.82) is 0 Å². The van der Waals surface area contributed by atoms with Crippen molar-refractivity contribution < 1.29 is 9.53 Å². The lowest BCUT2D eigenvalue weighted by Gasteiger charge is -2.14. The maximum Gasteiger partial charge on any atom is 0.275 e. The molecule has 0 aliphatic carbocycles. The average Bonchev–Trinajstić information content (AvgIpc) is 2.78. The summed E-state index contributed by atoms with van der Waals surface area (Å²) in [5, 5.41) is 6.21. The molecule has 2 aromatic carbocycles. The van der Waals surface area contributed by atoms with Gasteiger partial charge in [-0.2, -0.15) is 0 Å². The van der Waals surface area contributed by atoms with Crippen molar-refractivity contribution in [2.45, 2.75) is 33.2 Å². The number of methoxy groups -OCH3 is 1. The van der Waals surface area contributed by atoms with Gasteiger partial charge in [-0.15, -0.1) is 0 Å². The quantitative estimate of drug-likeness (QED) is 0.593. The summed E-state index contributed by atoms with van der Waals surface area (Å²) in [6.07, 6.45) is 4.75. The van der Waals surface area contributed by atoms with Crippen molar-refractivity contribution in [2.24, 2.45) is 0 Å². The second-order valence-corrected chi connectivity index (χ2v) is 6.56. The summed E-state index contributed by atoms with van der Waals surface area (Å²) < 4.78 is 5.35. The summed E-state index contributed by atoms with van der Waals surface area (Å²) >= 11 is 0. The molecule has 2 N–H and O–H groups in total. The highest BCUT2D eigenvalue weighted by Crippen LogP contribution is 2.23. The van der Waals surface area contributed by atoms with E-state index < -0.39 is 0 Å². The molecule has 0 unspecified atom stereocenters. The number of nitrogens with one attached hydrogen (secondary N) is 2. The molecule has 0 saturated carbocycles. The standard InChI is InChI=1S/C23H26N4O2/c1-4-16-10-8-11-17(5-2)22(16)27-23(28)19-14-26-21(15-24-19)25-13-18-9-6-7-12-20(18)29-3/h6-12,14-15H,4-5,13H2,1-3H3,(H,25,26)(H,27,28). The number of rotatable bonds is 8. The van der Waals surface area contributed by atoms with E-state index in [4.69, 9.17) is 4.74 Å². The number of hydrogen-bond donors (Lipinski definition) is 2. The largest absolute Gasteiger partial charge is 0.496 e. The minimum absolute atomic E-state index is 0.260. The maximum atomic E-state index is 12.7. The molecular formula is C23H26N4O2. The third-order valence-corrected chi connectivity index (χ3v) is 4.77.